The Labute approximate surface area is 153 Å². The van der Waals surface area contributed by atoms with Crippen molar-refractivity contribution in [3.8, 4) is 11.1 Å². The number of pyridine rings is 1. The van der Waals surface area contributed by atoms with Crippen molar-refractivity contribution in [3.05, 3.63) is 70.8 Å². The molecule has 4 nitrogen and oxygen atoms in total. The minimum Gasteiger partial charge on any atom is -0.337 e. The summed E-state index contributed by atoms with van der Waals surface area (Å²) in [5.74, 6) is 0.578. The van der Waals surface area contributed by atoms with Gasteiger partial charge in [-0.1, -0.05) is 54.1 Å². The van der Waals surface area contributed by atoms with Gasteiger partial charge in [-0.25, -0.2) is 9.97 Å². The third-order valence-electron chi connectivity index (χ3n) is 3.76. The molecule has 0 saturated heterocycles. The summed E-state index contributed by atoms with van der Waals surface area (Å²) in [5, 5.41) is 4.28. The van der Waals surface area contributed by atoms with Gasteiger partial charge >= 0.3 is 0 Å². The maximum absolute atomic E-state index is 11.0. The first-order chi connectivity index (χ1) is 12.3. The minimum absolute atomic E-state index is 0.426. The fraction of sp³-hybridized carbons (Fsp3) is 0. The van der Waals surface area contributed by atoms with Crippen LogP contribution in [-0.4, -0.2) is 16.3 Å². The van der Waals surface area contributed by atoms with Crippen molar-refractivity contribution >= 4 is 50.9 Å². The predicted molar refractivity (Wildman–Crippen MR) is 103 cm³/mol. The Hall–Kier alpha value is -2.76. The summed E-state index contributed by atoms with van der Waals surface area (Å²) in [6.07, 6.45) is 2.43. The van der Waals surface area contributed by atoms with E-state index in [0.717, 1.165) is 27.8 Å². The number of carbonyl (C=O) groups excluding carboxylic acids is 1. The average molecular weight is 366 g/mol. The van der Waals surface area contributed by atoms with E-state index in [1.165, 1.54) is 11.3 Å². The number of hydrogen-bond donors (Lipinski definition) is 1. The minimum atomic E-state index is 0.426. The van der Waals surface area contributed by atoms with Crippen LogP contribution in [0.4, 0.5) is 11.5 Å². The van der Waals surface area contributed by atoms with E-state index in [0.29, 0.717) is 21.4 Å². The van der Waals surface area contributed by atoms with Gasteiger partial charge in [0, 0.05) is 11.8 Å². The fourth-order valence-electron chi connectivity index (χ4n) is 2.61. The van der Waals surface area contributed by atoms with E-state index in [1.807, 2.05) is 54.6 Å². The number of nitrogens with zero attached hydrogens (tertiary/aromatic N) is 2. The normalized spacial score (nSPS) is 10.8. The Morgan fingerprint density at radius 3 is 2.68 bits per heavy atom. The van der Waals surface area contributed by atoms with Crippen molar-refractivity contribution in [2.24, 2.45) is 0 Å². The molecule has 0 aliphatic carbocycles. The van der Waals surface area contributed by atoms with Gasteiger partial charge in [-0.05, 0) is 17.7 Å². The van der Waals surface area contributed by atoms with Crippen molar-refractivity contribution < 1.29 is 4.79 Å². The van der Waals surface area contributed by atoms with E-state index in [4.69, 9.17) is 11.6 Å². The molecule has 0 aliphatic rings. The number of hydrogen-bond acceptors (Lipinski definition) is 5. The van der Waals surface area contributed by atoms with Crippen LogP contribution in [0.15, 0.2) is 60.8 Å². The summed E-state index contributed by atoms with van der Waals surface area (Å²) in [7, 11) is 0. The second-order valence-electron chi connectivity index (χ2n) is 5.33. The number of thiazole rings is 1. The summed E-state index contributed by atoms with van der Waals surface area (Å²) in [5.41, 5.74) is 3.38. The molecule has 0 atom stereocenters. The van der Waals surface area contributed by atoms with E-state index in [-0.39, 0.29) is 0 Å². The highest BCUT2D eigenvalue weighted by Gasteiger charge is 2.12. The van der Waals surface area contributed by atoms with Gasteiger partial charge in [0.1, 0.15) is 5.52 Å². The molecule has 0 aliphatic heterocycles. The van der Waals surface area contributed by atoms with E-state index < -0.39 is 0 Å². The number of rotatable bonds is 4. The number of carbonyl (C=O) groups is 1. The average Bonchev–Trinajstić information content (AvgIpc) is 3.08. The highest BCUT2D eigenvalue weighted by atomic mass is 35.5. The topological polar surface area (TPSA) is 54.9 Å². The number of aromatic nitrogens is 2. The van der Waals surface area contributed by atoms with Crippen molar-refractivity contribution in [2.45, 2.75) is 0 Å². The lowest BCUT2D eigenvalue weighted by Gasteiger charge is -2.12. The van der Waals surface area contributed by atoms with Crippen molar-refractivity contribution in [1.82, 2.24) is 9.97 Å². The first-order valence-corrected chi connectivity index (χ1v) is 8.77. The SMILES string of the molecule is O=Cc1nc2c(Nc3cccc(-c4ccccc4)c3Cl)nccc2s1. The number of benzene rings is 2. The summed E-state index contributed by atoms with van der Waals surface area (Å²) in [6.45, 7) is 0. The standard InChI is InChI=1S/C19H12ClN3OS/c20-17-13(12-5-2-1-3-6-12)7-4-8-14(17)22-19-18-15(9-10-21-19)25-16(11-24)23-18/h1-11H,(H,21,22). The molecule has 4 aromatic rings. The van der Waals surface area contributed by atoms with Gasteiger partial charge in [0.15, 0.2) is 17.1 Å². The number of halogens is 1. The summed E-state index contributed by atoms with van der Waals surface area (Å²) in [6, 6.07) is 17.6. The number of fused-ring (bicyclic) bond motifs is 1. The van der Waals surface area contributed by atoms with Crippen molar-refractivity contribution in [3.63, 3.8) is 0 Å². The van der Waals surface area contributed by atoms with Crippen LogP contribution in [0.5, 0.6) is 0 Å². The van der Waals surface area contributed by atoms with Crippen molar-refractivity contribution in [1.29, 1.82) is 0 Å². The van der Waals surface area contributed by atoms with Gasteiger partial charge in [0.05, 0.1) is 15.4 Å². The molecule has 0 bridgehead atoms. The molecule has 0 fully saturated rings. The Morgan fingerprint density at radius 1 is 1.04 bits per heavy atom. The first-order valence-electron chi connectivity index (χ1n) is 7.58. The van der Waals surface area contributed by atoms with Crippen LogP contribution in [0.1, 0.15) is 9.80 Å². The molecule has 0 radical (unpaired) electrons. The first kappa shape index (κ1) is 15.7. The van der Waals surface area contributed by atoms with Crippen LogP contribution >= 0.6 is 22.9 Å². The maximum atomic E-state index is 11.0. The van der Waals surface area contributed by atoms with Crippen LogP contribution in [0, 0.1) is 0 Å². The Kier molecular flexibility index (Phi) is 4.17. The van der Waals surface area contributed by atoms with E-state index in [1.54, 1.807) is 6.20 Å². The summed E-state index contributed by atoms with van der Waals surface area (Å²) < 4.78 is 0.898. The molecule has 0 saturated carbocycles. The smallest absolute Gasteiger partial charge is 0.178 e. The molecule has 0 spiro atoms. The maximum Gasteiger partial charge on any atom is 0.178 e. The van der Waals surface area contributed by atoms with Crippen molar-refractivity contribution in [2.75, 3.05) is 5.32 Å². The van der Waals surface area contributed by atoms with Crippen LogP contribution in [-0.2, 0) is 0 Å². The number of anilines is 2. The fourth-order valence-corrected chi connectivity index (χ4v) is 3.67. The zero-order chi connectivity index (χ0) is 17.2. The molecular formula is C19H12ClN3OS. The second kappa shape index (κ2) is 6.63. The molecule has 25 heavy (non-hydrogen) atoms. The highest BCUT2D eigenvalue weighted by molar-refractivity contribution is 7.20. The monoisotopic (exact) mass is 365 g/mol. The Morgan fingerprint density at radius 2 is 1.88 bits per heavy atom. The van der Waals surface area contributed by atoms with Crippen LogP contribution in [0.25, 0.3) is 21.3 Å². The zero-order valence-corrected chi connectivity index (χ0v) is 14.5. The van der Waals surface area contributed by atoms with E-state index in [2.05, 4.69) is 15.3 Å². The molecule has 122 valence electrons. The molecule has 4 rings (SSSR count). The van der Waals surface area contributed by atoms with Crippen LogP contribution in [0.3, 0.4) is 0 Å². The Balaban J connectivity index is 1.77. The molecule has 1 N–H and O–H groups in total. The Bertz CT molecular complexity index is 1060. The van der Waals surface area contributed by atoms with E-state index >= 15 is 0 Å². The van der Waals surface area contributed by atoms with Gasteiger partial charge in [0.25, 0.3) is 0 Å². The van der Waals surface area contributed by atoms with Gasteiger partial charge in [-0.15, -0.1) is 11.3 Å². The molecular weight excluding hydrogens is 354 g/mol. The number of aldehydes is 1. The third kappa shape index (κ3) is 2.99. The lowest BCUT2D eigenvalue weighted by Crippen LogP contribution is -1.96. The molecule has 2 aromatic heterocycles. The van der Waals surface area contributed by atoms with E-state index in [9.17, 15) is 4.79 Å². The summed E-state index contributed by atoms with van der Waals surface area (Å²) in [4.78, 5) is 19.7. The second-order valence-corrected chi connectivity index (χ2v) is 6.77. The zero-order valence-electron chi connectivity index (χ0n) is 12.9. The van der Waals surface area contributed by atoms with Crippen LogP contribution in [0.2, 0.25) is 5.02 Å². The van der Waals surface area contributed by atoms with Gasteiger partial charge in [-0.2, -0.15) is 0 Å². The molecule has 0 amide bonds. The highest BCUT2D eigenvalue weighted by Crippen LogP contribution is 2.36. The quantitative estimate of drug-likeness (QED) is 0.480. The summed E-state index contributed by atoms with van der Waals surface area (Å²) >= 11 is 7.95. The molecule has 0 unspecified atom stereocenters. The lowest BCUT2D eigenvalue weighted by atomic mass is 10.1. The lowest BCUT2D eigenvalue weighted by molar-refractivity contribution is 0.112. The molecule has 2 heterocycles. The number of nitrogens with one attached hydrogen (secondary N) is 1. The van der Waals surface area contributed by atoms with Gasteiger partial charge in [-0.3, -0.25) is 4.79 Å². The van der Waals surface area contributed by atoms with Crippen LogP contribution < -0.4 is 5.32 Å². The molecule has 6 heteroatoms. The van der Waals surface area contributed by atoms with Gasteiger partial charge < -0.3 is 5.32 Å². The third-order valence-corrected chi connectivity index (χ3v) is 5.11. The largest absolute Gasteiger partial charge is 0.337 e. The predicted octanol–water partition coefficient (Wildman–Crippen LogP) is 5.57. The van der Waals surface area contributed by atoms with Gasteiger partial charge in [0.2, 0.25) is 0 Å². The molecule has 2 aromatic carbocycles.